The Bertz CT molecular complexity index is 779. The van der Waals surface area contributed by atoms with Gasteiger partial charge in [-0.2, -0.15) is 0 Å². The van der Waals surface area contributed by atoms with Crippen LogP contribution in [0, 0.1) is 0 Å². The summed E-state index contributed by atoms with van der Waals surface area (Å²) in [5.74, 6) is 0. The Morgan fingerprint density at radius 2 is 1.86 bits per heavy atom. The Labute approximate surface area is 132 Å². The Morgan fingerprint density at radius 3 is 2.50 bits per heavy atom. The second-order valence-corrected chi connectivity index (χ2v) is 6.34. The minimum atomic E-state index is -3.88. The number of carbonyl (C=O) groups excluding carboxylic acids is 1. The number of halogens is 1. The van der Waals surface area contributed by atoms with Crippen molar-refractivity contribution >= 4 is 33.4 Å². The molecular weight excluding hydrogens is 328 g/mol. The predicted molar refractivity (Wildman–Crippen MR) is 83.1 cm³/mol. The lowest BCUT2D eigenvalue weighted by atomic mass is 10.2. The highest BCUT2D eigenvalue weighted by Gasteiger charge is 2.13. The minimum Gasteiger partial charge on any atom is -0.444 e. The molecule has 0 aliphatic heterocycles. The summed E-state index contributed by atoms with van der Waals surface area (Å²) in [6.07, 6.45) is -0.752. The number of amides is 1. The highest BCUT2D eigenvalue weighted by Crippen LogP contribution is 2.25. The van der Waals surface area contributed by atoms with E-state index < -0.39 is 16.1 Å². The fourth-order valence-corrected chi connectivity index (χ4v) is 2.35. The van der Waals surface area contributed by atoms with Crippen molar-refractivity contribution in [1.82, 2.24) is 0 Å². The Kier molecular flexibility index (Phi) is 5.02. The Balaban J connectivity index is 2.05. The summed E-state index contributed by atoms with van der Waals surface area (Å²) in [4.78, 5) is 11.6. The van der Waals surface area contributed by atoms with Crippen molar-refractivity contribution in [3.8, 4) is 0 Å². The summed E-state index contributed by atoms with van der Waals surface area (Å²) in [6.45, 7) is 0.0825. The summed E-state index contributed by atoms with van der Waals surface area (Å²) in [5, 5.41) is 7.58. The van der Waals surface area contributed by atoms with Crippen LogP contribution in [0.25, 0.3) is 0 Å². The molecule has 0 spiro atoms. The highest BCUT2D eigenvalue weighted by atomic mass is 35.5. The normalized spacial score (nSPS) is 11.0. The van der Waals surface area contributed by atoms with E-state index in [0.29, 0.717) is 0 Å². The number of carbonyl (C=O) groups is 1. The van der Waals surface area contributed by atoms with Gasteiger partial charge in [-0.25, -0.2) is 18.4 Å². The maximum absolute atomic E-state index is 11.7. The number of rotatable bonds is 4. The molecule has 3 N–H and O–H groups in total. The third-order valence-corrected chi connectivity index (χ3v) is 3.96. The van der Waals surface area contributed by atoms with Gasteiger partial charge in [-0.15, -0.1) is 0 Å². The molecule has 2 aromatic carbocycles. The fourth-order valence-electron chi connectivity index (χ4n) is 1.65. The molecule has 0 aliphatic rings. The third kappa shape index (κ3) is 4.45. The van der Waals surface area contributed by atoms with Crippen molar-refractivity contribution in [3.63, 3.8) is 0 Å². The smallest absolute Gasteiger partial charge is 0.412 e. The lowest BCUT2D eigenvalue weighted by Gasteiger charge is -2.09. The topological polar surface area (TPSA) is 98.5 Å². The first-order valence-corrected chi connectivity index (χ1v) is 8.09. The van der Waals surface area contributed by atoms with Crippen LogP contribution in [-0.2, 0) is 21.4 Å². The molecule has 1 amide bonds. The van der Waals surface area contributed by atoms with Gasteiger partial charge in [-0.3, -0.25) is 5.32 Å². The first-order valence-electron chi connectivity index (χ1n) is 6.16. The molecule has 0 fully saturated rings. The van der Waals surface area contributed by atoms with Gasteiger partial charge in [0.25, 0.3) is 0 Å². The van der Waals surface area contributed by atoms with E-state index in [9.17, 15) is 13.2 Å². The maximum atomic E-state index is 11.7. The number of nitrogens with two attached hydrogens (primary N) is 1. The van der Waals surface area contributed by atoms with E-state index in [2.05, 4.69) is 5.32 Å². The molecule has 116 valence electrons. The van der Waals surface area contributed by atoms with Gasteiger partial charge >= 0.3 is 6.09 Å². The van der Waals surface area contributed by atoms with E-state index in [4.69, 9.17) is 21.5 Å². The number of primary sulfonamides is 1. The van der Waals surface area contributed by atoms with Crippen LogP contribution in [0.5, 0.6) is 0 Å². The number of hydrogen-bond acceptors (Lipinski definition) is 4. The largest absolute Gasteiger partial charge is 0.444 e. The summed E-state index contributed by atoms with van der Waals surface area (Å²) in [5.41, 5.74) is 0.924. The molecule has 0 atom stereocenters. The maximum Gasteiger partial charge on any atom is 0.412 e. The zero-order chi connectivity index (χ0) is 16.2. The summed E-state index contributed by atoms with van der Waals surface area (Å²) in [7, 11) is -3.88. The van der Waals surface area contributed by atoms with Crippen LogP contribution in [-0.4, -0.2) is 14.5 Å². The molecule has 0 bridgehead atoms. The number of ether oxygens (including phenoxy) is 1. The van der Waals surface area contributed by atoms with Gasteiger partial charge in [0.1, 0.15) is 6.61 Å². The quantitative estimate of drug-likeness (QED) is 0.893. The number of sulfonamides is 1. The van der Waals surface area contributed by atoms with Crippen molar-refractivity contribution in [2.24, 2.45) is 5.14 Å². The second-order valence-electron chi connectivity index (χ2n) is 4.37. The number of anilines is 1. The molecule has 8 heteroatoms. The van der Waals surface area contributed by atoms with Crippen LogP contribution < -0.4 is 10.5 Å². The van der Waals surface area contributed by atoms with Gasteiger partial charge in [-0.05, 0) is 23.8 Å². The molecule has 22 heavy (non-hydrogen) atoms. The predicted octanol–water partition coefficient (Wildman–Crippen LogP) is 2.74. The van der Waals surface area contributed by atoms with Crippen molar-refractivity contribution in [3.05, 3.63) is 59.1 Å². The van der Waals surface area contributed by atoms with E-state index >= 15 is 0 Å². The van der Waals surface area contributed by atoms with Gasteiger partial charge in [0, 0.05) is 0 Å². The molecule has 6 nitrogen and oxygen atoms in total. The zero-order valence-electron chi connectivity index (χ0n) is 11.3. The second kappa shape index (κ2) is 6.78. The summed E-state index contributed by atoms with van der Waals surface area (Å²) in [6, 6.07) is 12.9. The molecule has 2 rings (SSSR count). The van der Waals surface area contributed by atoms with E-state index in [0.717, 1.165) is 5.56 Å². The van der Waals surface area contributed by atoms with Gasteiger partial charge in [0.2, 0.25) is 10.0 Å². The van der Waals surface area contributed by atoms with E-state index in [1.807, 2.05) is 30.3 Å². The fraction of sp³-hybridized carbons (Fsp3) is 0.0714. The molecule has 0 heterocycles. The third-order valence-electron chi connectivity index (χ3n) is 2.72. The molecule has 0 unspecified atom stereocenters. The number of nitrogens with one attached hydrogen (secondary N) is 1. The van der Waals surface area contributed by atoms with Crippen LogP contribution in [0.4, 0.5) is 10.5 Å². The lowest BCUT2D eigenvalue weighted by molar-refractivity contribution is 0.155. The standard InChI is InChI=1S/C14H13ClN2O4S/c15-12-7-6-11(22(16,19)20)8-13(12)17-14(18)21-9-10-4-2-1-3-5-10/h1-8H,9H2,(H,17,18)(H2,16,19,20). The van der Waals surface area contributed by atoms with Gasteiger partial charge < -0.3 is 4.74 Å². The SMILES string of the molecule is NS(=O)(=O)c1ccc(Cl)c(NC(=O)OCc2ccccc2)c1. The van der Waals surface area contributed by atoms with Gasteiger partial charge in [-0.1, -0.05) is 41.9 Å². The van der Waals surface area contributed by atoms with Crippen molar-refractivity contribution in [2.75, 3.05) is 5.32 Å². The van der Waals surface area contributed by atoms with Gasteiger partial charge in [0.15, 0.2) is 0 Å². The molecular formula is C14H13ClN2O4S. The van der Waals surface area contributed by atoms with Crippen molar-refractivity contribution in [1.29, 1.82) is 0 Å². The molecule has 0 aromatic heterocycles. The minimum absolute atomic E-state index is 0.0825. The van der Waals surface area contributed by atoms with Crippen LogP contribution >= 0.6 is 11.6 Å². The Hall–Kier alpha value is -2.09. The van der Waals surface area contributed by atoms with E-state index in [-0.39, 0.29) is 22.2 Å². The highest BCUT2D eigenvalue weighted by molar-refractivity contribution is 7.89. The first kappa shape index (κ1) is 16.3. The summed E-state index contributed by atoms with van der Waals surface area (Å²) >= 11 is 5.90. The average Bonchev–Trinajstić information content (AvgIpc) is 2.47. The lowest BCUT2D eigenvalue weighted by Crippen LogP contribution is -2.16. The molecule has 0 aliphatic carbocycles. The van der Waals surface area contributed by atoms with Crippen molar-refractivity contribution in [2.45, 2.75) is 11.5 Å². The number of hydrogen-bond donors (Lipinski definition) is 2. The number of benzene rings is 2. The first-order chi connectivity index (χ1) is 10.4. The van der Waals surface area contributed by atoms with Crippen LogP contribution in [0.2, 0.25) is 5.02 Å². The van der Waals surface area contributed by atoms with Crippen LogP contribution in [0.1, 0.15) is 5.56 Å². The van der Waals surface area contributed by atoms with Crippen LogP contribution in [0.15, 0.2) is 53.4 Å². The van der Waals surface area contributed by atoms with Crippen LogP contribution in [0.3, 0.4) is 0 Å². The van der Waals surface area contributed by atoms with Gasteiger partial charge in [0.05, 0.1) is 15.6 Å². The molecule has 0 saturated carbocycles. The molecule has 2 aromatic rings. The monoisotopic (exact) mass is 340 g/mol. The van der Waals surface area contributed by atoms with E-state index in [1.54, 1.807) is 0 Å². The molecule has 0 saturated heterocycles. The zero-order valence-corrected chi connectivity index (χ0v) is 12.9. The van der Waals surface area contributed by atoms with E-state index in [1.165, 1.54) is 18.2 Å². The van der Waals surface area contributed by atoms with Crippen molar-refractivity contribution < 1.29 is 17.9 Å². The average molecular weight is 341 g/mol. The Morgan fingerprint density at radius 1 is 1.18 bits per heavy atom. The summed E-state index contributed by atoms with van der Waals surface area (Å²) < 4.78 is 27.6. The molecule has 0 radical (unpaired) electrons.